The van der Waals surface area contributed by atoms with E-state index < -0.39 is 0 Å². The van der Waals surface area contributed by atoms with E-state index in [-0.39, 0.29) is 18.6 Å². The van der Waals surface area contributed by atoms with E-state index in [1.54, 1.807) is 0 Å². The van der Waals surface area contributed by atoms with E-state index >= 15 is 0 Å². The topological polar surface area (TPSA) is 60.2 Å². The second-order valence-electron chi connectivity index (χ2n) is 5.04. The summed E-state index contributed by atoms with van der Waals surface area (Å²) in [5.74, 6) is 2.30. The molecule has 0 saturated carbocycles. The van der Waals surface area contributed by atoms with E-state index in [1.807, 2.05) is 45.2 Å². The highest BCUT2D eigenvalue weighted by molar-refractivity contribution is 5.35. The average Bonchev–Trinajstić information content (AvgIpc) is 2.93. The fourth-order valence-corrected chi connectivity index (χ4v) is 1.83. The molecule has 1 unspecified atom stereocenters. The molecule has 1 aromatic carbocycles. The fraction of sp³-hybridized carbons (Fsp3) is 0.467. The summed E-state index contributed by atoms with van der Waals surface area (Å²) in [5, 5.41) is 7.13. The van der Waals surface area contributed by atoms with Crippen LogP contribution in [0.2, 0.25) is 0 Å². The fourth-order valence-electron chi connectivity index (χ4n) is 1.83. The molecule has 20 heavy (non-hydrogen) atoms. The van der Waals surface area contributed by atoms with Crippen LogP contribution in [0.1, 0.15) is 50.0 Å². The van der Waals surface area contributed by atoms with Crippen LogP contribution in [-0.4, -0.2) is 17.2 Å². The van der Waals surface area contributed by atoms with Gasteiger partial charge in [0.25, 0.3) is 5.89 Å². The maximum atomic E-state index is 5.80. The smallest absolute Gasteiger partial charge is 0.264 e. The Bertz CT molecular complexity index is 552. The molecule has 0 aliphatic heterocycles. The minimum absolute atomic E-state index is 0.222. The number of aromatic nitrogens is 2. The molecule has 2 aromatic rings. The van der Waals surface area contributed by atoms with Crippen LogP contribution in [0.4, 0.5) is 0 Å². The third kappa shape index (κ3) is 3.36. The highest BCUT2D eigenvalue weighted by Crippen LogP contribution is 2.25. The van der Waals surface area contributed by atoms with Gasteiger partial charge in [-0.2, -0.15) is 4.98 Å². The molecule has 0 aliphatic carbocycles. The van der Waals surface area contributed by atoms with Gasteiger partial charge < -0.3 is 14.6 Å². The highest BCUT2D eigenvalue weighted by atomic mass is 16.5. The van der Waals surface area contributed by atoms with Crippen molar-refractivity contribution >= 4 is 0 Å². The first-order valence-corrected chi connectivity index (χ1v) is 6.83. The SMILES string of the molecule is CNC(C)c1ccccc1OCc1nc(C(C)C)no1. The molecule has 1 aromatic heterocycles. The number of rotatable bonds is 6. The molecule has 5 nitrogen and oxygen atoms in total. The molecule has 0 aliphatic rings. The van der Waals surface area contributed by atoms with E-state index in [1.165, 1.54) is 0 Å². The number of para-hydroxylation sites is 1. The number of hydrogen-bond acceptors (Lipinski definition) is 5. The third-order valence-corrected chi connectivity index (χ3v) is 3.17. The van der Waals surface area contributed by atoms with Crippen LogP contribution in [0.15, 0.2) is 28.8 Å². The van der Waals surface area contributed by atoms with Crippen LogP contribution in [0.25, 0.3) is 0 Å². The van der Waals surface area contributed by atoms with Crippen molar-refractivity contribution in [1.29, 1.82) is 0 Å². The van der Waals surface area contributed by atoms with Gasteiger partial charge in [0.05, 0.1) is 0 Å². The van der Waals surface area contributed by atoms with Crippen molar-refractivity contribution in [2.45, 2.75) is 39.3 Å². The van der Waals surface area contributed by atoms with Gasteiger partial charge in [-0.05, 0) is 20.0 Å². The summed E-state index contributed by atoms with van der Waals surface area (Å²) in [7, 11) is 1.92. The normalized spacial score (nSPS) is 12.7. The number of benzene rings is 1. The molecule has 0 amide bonds. The molecular formula is C15H21N3O2. The van der Waals surface area contributed by atoms with Crippen LogP contribution in [0.5, 0.6) is 5.75 Å². The summed E-state index contributed by atoms with van der Waals surface area (Å²) in [5.41, 5.74) is 1.11. The molecule has 1 atom stereocenters. The molecule has 1 heterocycles. The van der Waals surface area contributed by atoms with E-state index in [0.29, 0.717) is 11.7 Å². The molecule has 0 bridgehead atoms. The molecule has 0 saturated heterocycles. The average molecular weight is 275 g/mol. The largest absolute Gasteiger partial charge is 0.483 e. The standard InChI is InChI=1S/C15H21N3O2/c1-10(2)15-17-14(20-18-15)9-19-13-8-6-5-7-12(13)11(3)16-4/h5-8,10-11,16H,9H2,1-4H3. The van der Waals surface area contributed by atoms with E-state index in [0.717, 1.165) is 11.3 Å². The molecule has 0 spiro atoms. The zero-order chi connectivity index (χ0) is 14.5. The predicted molar refractivity (Wildman–Crippen MR) is 76.6 cm³/mol. The summed E-state index contributed by atoms with van der Waals surface area (Å²) in [6, 6.07) is 8.17. The van der Waals surface area contributed by atoms with Gasteiger partial charge in [-0.3, -0.25) is 0 Å². The van der Waals surface area contributed by atoms with Crippen molar-refractivity contribution in [2.24, 2.45) is 0 Å². The molecule has 2 rings (SSSR count). The Morgan fingerprint density at radius 3 is 2.65 bits per heavy atom. The predicted octanol–water partition coefficient (Wildman–Crippen LogP) is 3.05. The number of nitrogens with zero attached hydrogens (tertiary/aromatic N) is 2. The van der Waals surface area contributed by atoms with Gasteiger partial charge in [0.2, 0.25) is 0 Å². The summed E-state index contributed by atoms with van der Waals surface area (Å²) >= 11 is 0. The van der Waals surface area contributed by atoms with Crippen molar-refractivity contribution in [1.82, 2.24) is 15.5 Å². The Morgan fingerprint density at radius 1 is 1.25 bits per heavy atom. The first-order chi connectivity index (χ1) is 9.61. The Kier molecular flexibility index (Phi) is 4.74. The molecule has 0 radical (unpaired) electrons. The lowest BCUT2D eigenvalue weighted by Gasteiger charge is -2.15. The maximum absolute atomic E-state index is 5.80. The van der Waals surface area contributed by atoms with Gasteiger partial charge in [-0.15, -0.1) is 0 Å². The minimum Gasteiger partial charge on any atom is -0.483 e. The van der Waals surface area contributed by atoms with Gasteiger partial charge in [0.1, 0.15) is 5.75 Å². The van der Waals surface area contributed by atoms with Crippen LogP contribution in [0.3, 0.4) is 0 Å². The van der Waals surface area contributed by atoms with Crippen LogP contribution < -0.4 is 10.1 Å². The second kappa shape index (κ2) is 6.52. The summed E-state index contributed by atoms with van der Waals surface area (Å²) in [4.78, 5) is 4.30. The molecule has 5 heteroatoms. The zero-order valence-corrected chi connectivity index (χ0v) is 12.4. The van der Waals surface area contributed by atoms with Gasteiger partial charge in [-0.25, -0.2) is 0 Å². The second-order valence-corrected chi connectivity index (χ2v) is 5.04. The van der Waals surface area contributed by atoms with Crippen molar-refractivity contribution in [3.63, 3.8) is 0 Å². The van der Waals surface area contributed by atoms with Gasteiger partial charge >= 0.3 is 0 Å². The Hall–Kier alpha value is -1.88. The van der Waals surface area contributed by atoms with Crippen LogP contribution >= 0.6 is 0 Å². The lowest BCUT2D eigenvalue weighted by atomic mass is 10.1. The van der Waals surface area contributed by atoms with Gasteiger partial charge in [0, 0.05) is 17.5 Å². The van der Waals surface area contributed by atoms with E-state index in [9.17, 15) is 0 Å². The highest BCUT2D eigenvalue weighted by Gasteiger charge is 2.13. The van der Waals surface area contributed by atoms with Gasteiger partial charge in [0.15, 0.2) is 12.4 Å². The first-order valence-electron chi connectivity index (χ1n) is 6.83. The van der Waals surface area contributed by atoms with Gasteiger partial charge in [-0.1, -0.05) is 37.2 Å². The zero-order valence-electron chi connectivity index (χ0n) is 12.4. The molecule has 1 N–H and O–H groups in total. The third-order valence-electron chi connectivity index (χ3n) is 3.17. The van der Waals surface area contributed by atoms with Crippen LogP contribution in [0, 0.1) is 0 Å². The van der Waals surface area contributed by atoms with E-state index in [4.69, 9.17) is 9.26 Å². The summed E-state index contributed by atoms with van der Waals surface area (Å²) in [6.45, 7) is 6.43. The monoisotopic (exact) mass is 275 g/mol. The Morgan fingerprint density at radius 2 is 2.00 bits per heavy atom. The van der Waals surface area contributed by atoms with Crippen molar-refractivity contribution in [2.75, 3.05) is 7.05 Å². The minimum atomic E-state index is 0.222. The lowest BCUT2D eigenvalue weighted by molar-refractivity contribution is 0.239. The van der Waals surface area contributed by atoms with Crippen molar-refractivity contribution < 1.29 is 9.26 Å². The number of nitrogens with one attached hydrogen (secondary N) is 1. The quantitative estimate of drug-likeness (QED) is 0.878. The first kappa shape index (κ1) is 14.5. The summed E-state index contributed by atoms with van der Waals surface area (Å²) < 4.78 is 11.0. The van der Waals surface area contributed by atoms with Crippen molar-refractivity contribution in [3.05, 3.63) is 41.5 Å². The molecular weight excluding hydrogens is 254 g/mol. The Balaban J connectivity index is 2.06. The summed E-state index contributed by atoms with van der Waals surface area (Å²) in [6.07, 6.45) is 0. The number of hydrogen-bond donors (Lipinski definition) is 1. The molecule has 0 fully saturated rings. The van der Waals surface area contributed by atoms with Crippen molar-refractivity contribution in [3.8, 4) is 5.75 Å². The number of ether oxygens (including phenoxy) is 1. The van der Waals surface area contributed by atoms with Crippen LogP contribution in [-0.2, 0) is 6.61 Å². The maximum Gasteiger partial charge on any atom is 0.264 e. The lowest BCUT2D eigenvalue weighted by Crippen LogP contribution is -2.13. The Labute approximate surface area is 119 Å². The molecule has 108 valence electrons. The van der Waals surface area contributed by atoms with E-state index in [2.05, 4.69) is 22.4 Å².